The van der Waals surface area contributed by atoms with Crippen molar-refractivity contribution in [3.63, 3.8) is 0 Å². The third-order valence-electron chi connectivity index (χ3n) is 4.90. The maximum Gasteiger partial charge on any atom is 0.220 e. The van der Waals surface area contributed by atoms with Crippen molar-refractivity contribution in [2.75, 3.05) is 26.7 Å². The van der Waals surface area contributed by atoms with Crippen LogP contribution in [0.5, 0.6) is 0 Å². The number of nitrogens with one attached hydrogen (secondary N) is 2. The Morgan fingerprint density at radius 1 is 1.28 bits per heavy atom. The molecule has 2 rings (SSSR count). The maximum absolute atomic E-state index is 11.6. The summed E-state index contributed by atoms with van der Waals surface area (Å²) in [6.45, 7) is 9.85. The van der Waals surface area contributed by atoms with Crippen molar-refractivity contribution in [3.8, 4) is 0 Å². The first-order chi connectivity index (χ1) is 12.0. The highest BCUT2D eigenvalue weighted by Gasteiger charge is 2.23. The maximum atomic E-state index is 11.6. The van der Waals surface area contributed by atoms with Gasteiger partial charge in [0.25, 0.3) is 0 Å². The normalized spacial score (nSPS) is 16.0. The van der Waals surface area contributed by atoms with Crippen LogP contribution in [0.25, 0.3) is 0 Å². The zero-order valence-electron chi connectivity index (χ0n) is 16.1. The average Bonchev–Trinajstić information content (AvgIpc) is 2.60. The number of guanidine groups is 1. The van der Waals surface area contributed by atoms with E-state index in [1.165, 1.54) is 16.7 Å². The Kier molecular flexibility index (Phi) is 7.29. The fourth-order valence-corrected chi connectivity index (χ4v) is 3.32. The summed E-state index contributed by atoms with van der Waals surface area (Å²) in [5.74, 6) is 1.62. The van der Waals surface area contributed by atoms with Crippen LogP contribution in [-0.4, -0.2) is 43.4 Å². The van der Waals surface area contributed by atoms with Gasteiger partial charge in [0.15, 0.2) is 5.96 Å². The Morgan fingerprint density at radius 3 is 2.60 bits per heavy atom. The van der Waals surface area contributed by atoms with Crippen LogP contribution < -0.4 is 10.6 Å². The van der Waals surface area contributed by atoms with Gasteiger partial charge in [-0.05, 0) is 50.7 Å². The Labute approximate surface area is 151 Å². The second-order valence-electron chi connectivity index (χ2n) is 6.91. The van der Waals surface area contributed by atoms with Crippen molar-refractivity contribution in [3.05, 3.63) is 34.9 Å². The molecule has 0 radical (unpaired) electrons. The van der Waals surface area contributed by atoms with Gasteiger partial charge in [-0.15, -0.1) is 0 Å². The van der Waals surface area contributed by atoms with Crippen molar-refractivity contribution >= 4 is 11.9 Å². The third kappa shape index (κ3) is 5.76. The highest BCUT2D eigenvalue weighted by Crippen LogP contribution is 2.20. The number of hydrogen-bond acceptors (Lipinski definition) is 2. The molecule has 1 fully saturated rings. The smallest absolute Gasteiger partial charge is 0.220 e. The minimum absolute atomic E-state index is 0.147. The van der Waals surface area contributed by atoms with Gasteiger partial charge in [-0.1, -0.05) is 23.8 Å². The molecular formula is C20H32N4O. The standard InChI is InChI=1S/C20H32N4O/c1-5-22-20(23-14-18-7-6-15(2)12-16(18)3)24-10-8-17(9-11-24)13-19(25)21-4/h6-7,12,17H,5,8-11,13-14H2,1-4H3,(H,21,25)(H,22,23). The molecule has 1 aliphatic heterocycles. The highest BCUT2D eigenvalue weighted by molar-refractivity contribution is 5.80. The van der Waals surface area contributed by atoms with Crippen LogP contribution in [0.3, 0.4) is 0 Å². The number of piperidine rings is 1. The molecule has 5 nitrogen and oxygen atoms in total. The molecule has 138 valence electrons. The summed E-state index contributed by atoms with van der Waals surface area (Å²) in [7, 11) is 1.71. The summed E-state index contributed by atoms with van der Waals surface area (Å²) < 4.78 is 0. The van der Waals surface area contributed by atoms with Crippen LogP contribution in [0.15, 0.2) is 23.2 Å². The van der Waals surface area contributed by atoms with Gasteiger partial charge in [-0.2, -0.15) is 0 Å². The van der Waals surface area contributed by atoms with Gasteiger partial charge in [0.05, 0.1) is 6.54 Å². The summed E-state index contributed by atoms with van der Waals surface area (Å²) in [4.78, 5) is 18.7. The molecular weight excluding hydrogens is 312 g/mol. The molecule has 1 saturated heterocycles. The van der Waals surface area contributed by atoms with E-state index < -0.39 is 0 Å². The van der Waals surface area contributed by atoms with Crippen LogP contribution in [0.4, 0.5) is 0 Å². The van der Waals surface area contributed by atoms with Crippen LogP contribution >= 0.6 is 0 Å². The van der Waals surface area contributed by atoms with Crippen LogP contribution in [0.1, 0.15) is 42.9 Å². The number of carbonyl (C=O) groups excluding carboxylic acids is 1. The first-order valence-electron chi connectivity index (χ1n) is 9.33. The molecule has 5 heteroatoms. The van der Waals surface area contributed by atoms with Crippen molar-refractivity contribution in [2.45, 2.75) is 46.6 Å². The summed E-state index contributed by atoms with van der Waals surface area (Å²) in [6, 6.07) is 6.53. The van der Waals surface area contributed by atoms with Crippen molar-refractivity contribution in [2.24, 2.45) is 10.9 Å². The number of aliphatic imine (C=N–C) groups is 1. The third-order valence-corrected chi connectivity index (χ3v) is 4.90. The zero-order valence-corrected chi connectivity index (χ0v) is 16.1. The molecule has 0 aromatic heterocycles. The summed E-state index contributed by atoms with van der Waals surface area (Å²) in [5.41, 5.74) is 3.86. The van der Waals surface area contributed by atoms with Crippen molar-refractivity contribution in [1.82, 2.24) is 15.5 Å². The molecule has 1 heterocycles. The van der Waals surface area contributed by atoms with E-state index in [-0.39, 0.29) is 5.91 Å². The average molecular weight is 345 g/mol. The second-order valence-corrected chi connectivity index (χ2v) is 6.91. The predicted molar refractivity (Wildman–Crippen MR) is 104 cm³/mol. The molecule has 1 amide bonds. The van der Waals surface area contributed by atoms with Gasteiger partial charge < -0.3 is 15.5 Å². The van der Waals surface area contributed by atoms with Crippen LogP contribution in [0, 0.1) is 19.8 Å². The Hall–Kier alpha value is -2.04. The molecule has 1 aromatic rings. The van der Waals surface area contributed by atoms with E-state index in [0.29, 0.717) is 18.9 Å². The van der Waals surface area contributed by atoms with E-state index in [4.69, 9.17) is 4.99 Å². The lowest BCUT2D eigenvalue weighted by atomic mass is 9.93. The highest BCUT2D eigenvalue weighted by atomic mass is 16.1. The van der Waals surface area contributed by atoms with E-state index >= 15 is 0 Å². The van der Waals surface area contributed by atoms with Gasteiger partial charge >= 0.3 is 0 Å². The molecule has 0 saturated carbocycles. The zero-order chi connectivity index (χ0) is 18.2. The Balaban J connectivity index is 1.97. The van der Waals surface area contributed by atoms with E-state index in [1.54, 1.807) is 7.05 Å². The van der Waals surface area contributed by atoms with Gasteiger partial charge in [0.2, 0.25) is 5.91 Å². The second kappa shape index (κ2) is 9.44. The number of rotatable bonds is 5. The van der Waals surface area contributed by atoms with Gasteiger partial charge in [0, 0.05) is 33.1 Å². The van der Waals surface area contributed by atoms with E-state index in [9.17, 15) is 4.79 Å². The number of amides is 1. The molecule has 0 aliphatic carbocycles. The fraction of sp³-hybridized carbons (Fsp3) is 0.600. The van der Waals surface area contributed by atoms with E-state index in [1.807, 2.05) is 0 Å². The first-order valence-corrected chi connectivity index (χ1v) is 9.33. The molecule has 1 aliphatic rings. The lowest BCUT2D eigenvalue weighted by molar-refractivity contribution is -0.121. The molecule has 1 aromatic carbocycles. The quantitative estimate of drug-likeness (QED) is 0.638. The monoisotopic (exact) mass is 344 g/mol. The van der Waals surface area contributed by atoms with Gasteiger partial charge in [-0.25, -0.2) is 4.99 Å². The summed E-state index contributed by atoms with van der Waals surface area (Å²) in [5, 5.41) is 6.14. The predicted octanol–water partition coefficient (Wildman–Crippen LogP) is 2.62. The number of hydrogen-bond donors (Lipinski definition) is 2. The molecule has 0 atom stereocenters. The van der Waals surface area contributed by atoms with Crippen LogP contribution in [-0.2, 0) is 11.3 Å². The molecule has 0 bridgehead atoms. The topological polar surface area (TPSA) is 56.7 Å². The minimum Gasteiger partial charge on any atom is -0.359 e. The fourth-order valence-electron chi connectivity index (χ4n) is 3.32. The van der Waals surface area contributed by atoms with Crippen molar-refractivity contribution in [1.29, 1.82) is 0 Å². The van der Waals surface area contributed by atoms with Gasteiger partial charge in [0.1, 0.15) is 0 Å². The summed E-state index contributed by atoms with van der Waals surface area (Å²) >= 11 is 0. The summed E-state index contributed by atoms with van der Waals surface area (Å²) in [6.07, 6.45) is 2.73. The number of carbonyl (C=O) groups is 1. The molecule has 25 heavy (non-hydrogen) atoms. The molecule has 0 spiro atoms. The number of benzene rings is 1. The molecule has 2 N–H and O–H groups in total. The SMILES string of the molecule is CCNC(=NCc1ccc(C)cc1C)N1CCC(CC(=O)NC)CC1. The first kappa shape index (κ1) is 19.3. The van der Waals surface area contributed by atoms with E-state index in [2.05, 4.69) is 54.5 Å². The number of likely N-dealkylation sites (tertiary alicyclic amines) is 1. The van der Waals surface area contributed by atoms with Crippen LogP contribution in [0.2, 0.25) is 0 Å². The largest absolute Gasteiger partial charge is 0.359 e. The lowest BCUT2D eigenvalue weighted by Gasteiger charge is -2.34. The Bertz CT molecular complexity index is 604. The van der Waals surface area contributed by atoms with E-state index in [0.717, 1.165) is 38.4 Å². The lowest BCUT2D eigenvalue weighted by Crippen LogP contribution is -2.46. The molecule has 0 unspecified atom stereocenters. The number of aryl methyl sites for hydroxylation is 2. The number of nitrogens with zero attached hydrogens (tertiary/aromatic N) is 2. The van der Waals surface area contributed by atoms with Crippen molar-refractivity contribution < 1.29 is 4.79 Å². The van der Waals surface area contributed by atoms with Gasteiger partial charge in [-0.3, -0.25) is 4.79 Å². The minimum atomic E-state index is 0.147. The Morgan fingerprint density at radius 2 is 2.00 bits per heavy atom.